The van der Waals surface area contributed by atoms with Crippen molar-refractivity contribution in [1.82, 2.24) is 15.0 Å². The van der Waals surface area contributed by atoms with Crippen LogP contribution in [0.3, 0.4) is 0 Å². The second-order valence-corrected chi connectivity index (χ2v) is 16.4. The highest BCUT2D eigenvalue weighted by Gasteiger charge is 2.21. The molecule has 4 heterocycles. The Morgan fingerprint density at radius 1 is 0.333 bits per heavy atom. The van der Waals surface area contributed by atoms with Crippen molar-refractivity contribution in [3.63, 3.8) is 0 Å². The van der Waals surface area contributed by atoms with Crippen LogP contribution in [0.5, 0.6) is 0 Å². The summed E-state index contributed by atoms with van der Waals surface area (Å²) < 4.78 is 11.7. The first-order valence-electron chi connectivity index (χ1n) is 18.9. The van der Waals surface area contributed by atoms with Gasteiger partial charge in [-0.05, 0) is 47.0 Å². The van der Waals surface area contributed by atoms with Crippen LogP contribution in [0, 0.1) is 0 Å². The molecular weight excluding hydrogens is 735 g/mol. The number of aromatic nitrogens is 3. The van der Waals surface area contributed by atoms with E-state index in [9.17, 15) is 0 Å². The molecule has 57 heavy (non-hydrogen) atoms. The Labute approximate surface area is 335 Å². The molecule has 0 atom stereocenters. The molecular formula is C51H29N3OS2. The summed E-state index contributed by atoms with van der Waals surface area (Å²) in [5.41, 5.74) is 9.36. The number of hydrogen-bond acceptors (Lipinski definition) is 6. The van der Waals surface area contributed by atoms with E-state index in [4.69, 9.17) is 19.4 Å². The zero-order valence-electron chi connectivity index (χ0n) is 30.3. The van der Waals surface area contributed by atoms with E-state index in [2.05, 4.69) is 109 Å². The zero-order chi connectivity index (χ0) is 37.5. The SMILES string of the molecule is c1ccc(-c2nc(-c3ccccc3)nc(-c3ccc4c(c3)sc3c(-c5cc(-c6cccc7c6sc6ccccc67)cc6oc7ccccc7c56)cccc34)n2)cc1. The van der Waals surface area contributed by atoms with Crippen LogP contribution in [0.1, 0.15) is 0 Å². The number of benzene rings is 8. The summed E-state index contributed by atoms with van der Waals surface area (Å²) in [5.74, 6) is 1.96. The van der Waals surface area contributed by atoms with Crippen molar-refractivity contribution >= 4 is 85.0 Å². The molecule has 8 aromatic carbocycles. The Balaban J connectivity index is 1.07. The third kappa shape index (κ3) is 5.22. The van der Waals surface area contributed by atoms with Crippen molar-refractivity contribution in [3.05, 3.63) is 176 Å². The van der Waals surface area contributed by atoms with Crippen LogP contribution < -0.4 is 0 Å². The zero-order valence-corrected chi connectivity index (χ0v) is 31.9. The number of para-hydroxylation sites is 1. The Morgan fingerprint density at radius 3 is 1.63 bits per heavy atom. The van der Waals surface area contributed by atoms with E-state index in [1.165, 1.54) is 57.0 Å². The second-order valence-electron chi connectivity index (χ2n) is 14.3. The van der Waals surface area contributed by atoms with E-state index < -0.39 is 0 Å². The number of rotatable bonds is 5. The minimum Gasteiger partial charge on any atom is -0.456 e. The van der Waals surface area contributed by atoms with Crippen molar-refractivity contribution in [2.45, 2.75) is 0 Å². The quantitative estimate of drug-likeness (QED) is 0.175. The van der Waals surface area contributed by atoms with Gasteiger partial charge in [0, 0.05) is 73.4 Å². The van der Waals surface area contributed by atoms with Gasteiger partial charge in [0.05, 0.1) is 0 Å². The fourth-order valence-corrected chi connectivity index (χ4v) is 10.8. The maximum Gasteiger partial charge on any atom is 0.164 e. The molecule has 0 aliphatic carbocycles. The molecule has 0 saturated heterocycles. The third-order valence-electron chi connectivity index (χ3n) is 10.9. The standard InChI is InChI=1S/C51H29N3OS2/c1-3-13-30(14-4-1)49-52-50(31-15-5-2-6-16-31)54-51(53-49)32-25-26-36-38-21-12-22-39(48(38)57-45(36)29-32)41-27-33(28-43-46(41)40-18-7-9-23-42(40)55-43)34-19-11-20-37-35-17-8-10-24-44(35)56-47(34)37/h1-29H. The molecule has 266 valence electrons. The van der Waals surface area contributed by atoms with E-state index >= 15 is 0 Å². The minimum atomic E-state index is 0.650. The van der Waals surface area contributed by atoms with Crippen LogP contribution in [0.2, 0.25) is 0 Å². The Bertz CT molecular complexity index is 3470. The smallest absolute Gasteiger partial charge is 0.164 e. The first kappa shape index (κ1) is 32.3. The van der Waals surface area contributed by atoms with Gasteiger partial charge in [-0.2, -0.15) is 0 Å². The number of nitrogens with zero attached hydrogens (tertiary/aromatic N) is 3. The summed E-state index contributed by atoms with van der Waals surface area (Å²) in [7, 11) is 0. The largest absolute Gasteiger partial charge is 0.456 e. The lowest BCUT2D eigenvalue weighted by Gasteiger charge is -2.11. The first-order chi connectivity index (χ1) is 28.2. The minimum absolute atomic E-state index is 0.650. The van der Waals surface area contributed by atoms with Crippen LogP contribution in [0.15, 0.2) is 180 Å². The van der Waals surface area contributed by atoms with E-state index in [-0.39, 0.29) is 0 Å². The van der Waals surface area contributed by atoms with Crippen LogP contribution in [-0.2, 0) is 0 Å². The van der Waals surface area contributed by atoms with Gasteiger partial charge in [-0.25, -0.2) is 15.0 Å². The molecule has 0 fully saturated rings. The molecule has 0 unspecified atom stereocenters. The summed E-state index contributed by atoms with van der Waals surface area (Å²) in [5, 5.41) is 7.27. The van der Waals surface area contributed by atoms with Crippen LogP contribution in [0.4, 0.5) is 0 Å². The molecule has 0 saturated carbocycles. The molecule has 0 spiro atoms. The van der Waals surface area contributed by atoms with Crippen LogP contribution in [0.25, 0.3) is 119 Å². The first-order valence-corrected chi connectivity index (χ1v) is 20.6. The molecule has 12 aromatic rings. The summed E-state index contributed by atoms with van der Waals surface area (Å²) >= 11 is 3.67. The normalized spacial score (nSPS) is 11.9. The van der Waals surface area contributed by atoms with Gasteiger partial charge in [0.1, 0.15) is 11.2 Å². The molecule has 0 N–H and O–H groups in total. The predicted molar refractivity (Wildman–Crippen MR) is 240 cm³/mol. The molecule has 0 bridgehead atoms. The average Bonchev–Trinajstić information content (AvgIpc) is 3.97. The molecule has 6 heteroatoms. The highest BCUT2D eigenvalue weighted by molar-refractivity contribution is 7.26. The molecule has 0 aliphatic heterocycles. The summed E-state index contributed by atoms with van der Waals surface area (Å²) in [6.45, 7) is 0. The molecule has 4 nitrogen and oxygen atoms in total. The summed E-state index contributed by atoms with van der Waals surface area (Å²) in [6.07, 6.45) is 0. The van der Waals surface area contributed by atoms with E-state index in [1.807, 2.05) is 89.4 Å². The van der Waals surface area contributed by atoms with Gasteiger partial charge < -0.3 is 4.42 Å². The van der Waals surface area contributed by atoms with Crippen molar-refractivity contribution in [2.24, 2.45) is 0 Å². The lowest BCUT2D eigenvalue weighted by molar-refractivity contribution is 0.669. The van der Waals surface area contributed by atoms with Gasteiger partial charge in [-0.3, -0.25) is 0 Å². The molecule has 0 amide bonds. The van der Waals surface area contributed by atoms with Crippen molar-refractivity contribution in [3.8, 4) is 56.4 Å². The van der Waals surface area contributed by atoms with Crippen molar-refractivity contribution in [1.29, 1.82) is 0 Å². The van der Waals surface area contributed by atoms with E-state index in [0.717, 1.165) is 44.2 Å². The predicted octanol–water partition coefficient (Wildman–Crippen LogP) is 14.8. The van der Waals surface area contributed by atoms with Crippen molar-refractivity contribution < 1.29 is 4.42 Å². The van der Waals surface area contributed by atoms with Gasteiger partial charge in [-0.1, -0.05) is 146 Å². The highest BCUT2D eigenvalue weighted by Crippen LogP contribution is 2.48. The second kappa shape index (κ2) is 12.8. The van der Waals surface area contributed by atoms with Crippen molar-refractivity contribution in [2.75, 3.05) is 0 Å². The number of hydrogen-bond donors (Lipinski definition) is 0. The topological polar surface area (TPSA) is 51.8 Å². The van der Waals surface area contributed by atoms with Gasteiger partial charge in [0.2, 0.25) is 0 Å². The highest BCUT2D eigenvalue weighted by atomic mass is 32.1. The summed E-state index contributed by atoms with van der Waals surface area (Å²) in [6, 6.07) is 62.0. The Kier molecular flexibility index (Phi) is 7.24. The monoisotopic (exact) mass is 763 g/mol. The fraction of sp³-hybridized carbons (Fsp3) is 0. The molecule has 0 radical (unpaired) electrons. The average molecular weight is 764 g/mol. The van der Waals surface area contributed by atoms with Crippen LogP contribution >= 0.6 is 22.7 Å². The Morgan fingerprint density at radius 2 is 0.895 bits per heavy atom. The molecule has 12 rings (SSSR count). The maximum atomic E-state index is 6.65. The molecule has 4 aromatic heterocycles. The van der Waals surface area contributed by atoms with Gasteiger partial charge >= 0.3 is 0 Å². The molecule has 0 aliphatic rings. The van der Waals surface area contributed by atoms with Gasteiger partial charge in [-0.15, -0.1) is 22.7 Å². The van der Waals surface area contributed by atoms with Gasteiger partial charge in [0.25, 0.3) is 0 Å². The number of fused-ring (bicyclic) bond motifs is 9. The van der Waals surface area contributed by atoms with Crippen LogP contribution in [-0.4, -0.2) is 15.0 Å². The maximum absolute atomic E-state index is 6.65. The fourth-order valence-electron chi connectivity index (χ4n) is 8.28. The lowest BCUT2D eigenvalue weighted by Crippen LogP contribution is -1.99. The number of thiophene rings is 2. The van der Waals surface area contributed by atoms with E-state index in [1.54, 1.807) is 0 Å². The summed E-state index contributed by atoms with van der Waals surface area (Å²) in [4.78, 5) is 15.0. The van der Waals surface area contributed by atoms with Gasteiger partial charge in [0.15, 0.2) is 17.5 Å². The van der Waals surface area contributed by atoms with E-state index in [0.29, 0.717) is 17.5 Å². The Hall–Kier alpha value is -6.99. The third-order valence-corrected chi connectivity index (χ3v) is 13.4. The number of furan rings is 1. The lowest BCUT2D eigenvalue weighted by atomic mass is 9.93.